The molecule has 2 aliphatic heterocycles. The number of rotatable bonds is 3. The third-order valence-corrected chi connectivity index (χ3v) is 5.64. The van der Waals surface area contributed by atoms with Gasteiger partial charge in [0.15, 0.2) is 0 Å². The summed E-state index contributed by atoms with van der Waals surface area (Å²) < 4.78 is 13.8. The summed E-state index contributed by atoms with van der Waals surface area (Å²) in [6, 6.07) is 10.5. The average Bonchev–Trinajstić information content (AvgIpc) is 3.12. The molecule has 0 saturated heterocycles. The predicted molar refractivity (Wildman–Crippen MR) is 113 cm³/mol. The van der Waals surface area contributed by atoms with Crippen molar-refractivity contribution in [3.63, 3.8) is 0 Å². The lowest BCUT2D eigenvalue weighted by Crippen LogP contribution is -2.35. The summed E-state index contributed by atoms with van der Waals surface area (Å²) in [7, 11) is 0. The van der Waals surface area contributed by atoms with Gasteiger partial charge < -0.3 is 11.1 Å². The van der Waals surface area contributed by atoms with Crippen LogP contribution in [0.25, 0.3) is 5.57 Å². The Morgan fingerprint density at radius 3 is 2.59 bits per heavy atom. The molecule has 3 N–H and O–H groups in total. The molecule has 2 aromatic rings. The highest BCUT2D eigenvalue weighted by molar-refractivity contribution is 9.10. The highest BCUT2D eigenvalue weighted by atomic mass is 79.9. The number of nitrogens with zero attached hydrogens (tertiary/aromatic N) is 2. The lowest BCUT2D eigenvalue weighted by Gasteiger charge is -2.17. The zero-order valence-electron chi connectivity index (χ0n) is 14.6. The molecule has 0 aromatic heterocycles. The Morgan fingerprint density at radius 1 is 1.21 bits per heavy atom. The van der Waals surface area contributed by atoms with Crippen molar-refractivity contribution in [1.29, 1.82) is 0 Å². The Morgan fingerprint density at radius 2 is 1.93 bits per heavy atom. The van der Waals surface area contributed by atoms with Gasteiger partial charge in [0, 0.05) is 15.7 Å². The van der Waals surface area contributed by atoms with Crippen LogP contribution in [0.4, 0.5) is 20.6 Å². The summed E-state index contributed by atoms with van der Waals surface area (Å²) in [6.45, 7) is -0.267. The quantitative estimate of drug-likeness (QED) is 0.662. The summed E-state index contributed by atoms with van der Waals surface area (Å²) in [6.07, 6.45) is 0. The van der Waals surface area contributed by atoms with Gasteiger partial charge in [-0.3, -0.25) is 19.3 Å². The molecule has 2 aliphatic rings. The number of nitrogens with one attached hydrogen (secondary N) is 1. The van der Waals surface area contributed by atoms with Crippen molar-refractivity contribution in [2.45, 2.75) is 0 Å². The molecule has 3 amide bonds. The van der Waals surface area contributed by atoms with Crippen LogP contribution in [0, 0.1) is 5.82 Å². The largest absolute Gasteiger partial charge is 0.383 e. The van der Waals surface area contributed by atoms with Gasteiger partial charge in [0.2, 0.25) is 5.91 Å². The molecule has 0 saturated carbocycles. The van der Waals surface area contributed by atoms with E-state index in [1.165, 1.54) is 29.2 Å². The fraction of sp³-hybridized carbons (Fsp3) is 0.0526. The SMILES string of the molecule is NC1=NC(=O)S/C1=C1/C(=O)N(CC(=O)Nc2ccc(F)cc2)c2ccc(Br)cc21. The number of aliphatic imine (C=N–C) groups is 1. The van der Waals surface area contributed by atoms with Crippen LogP contribution in [0.15, 0.2) is 56.8 Å². The molecule has 0 unspecified atom stereocenters. The number of benzene rings is 2. The van der Waals surface area contributed by atoms with Crippen molar-refractivity contribution in [2.24, 2.45) is 10.7 Å². The number of carbonyl (C=O) groups excluding carboxylic acids is 3. The molecule has 0 atom stereocenters. The number of thioether (sulfide) groups is 1. The second kappa shape index (κ2) is 7.45. The fourth-order valence-electron chi connectivity index (χ4n) is 3.05. The molecular formula is C19H12BrFN4O3S. The van der Waals surface area contributed by atoms with Gasteiger partial charge in [0.05, 0.1) is 16.2 Å². The van der Waals surface area contributed by atoms with Crippen LogP contribution in [-0.4, -0.2) is 29.4 Å². The van der Waals surface area contributed by atoms with E-state index in [1.54, 1.807) is 18.2 Å². The van der Waals surface area contributed by atoms with Crippen molar-refractivity contribution in [1.82, 2.24) is 0 Å². The molecule has 29 heavy (non-hydrogen) atoms. The topological polar surface area (TPSA) is 105 Å². The molecule has 10 heteroatoms. The maximum Gasteiger partial charge on any atom is 0.311 e. The van der Waals surface area contributed by atoms with Crippen molar-refractivity contribution in [3.05, 3.63) is 63.2 Å². The number of nitrogens with two attached hydrogens (primary N) is 1. The van der Waals surface area contributed by atoms with E-state index in [0.29, 0.717) is 16.9 Å². The molecule has 7 nitrogen and oxygen atoms in total. The molecule has 2 aromatic carbocycles. The van der Waals surface area contributed by atoms with Crippen molar-refractivity contribution < 1.29 is 18.8 Å². The van der Waals surface area contributed by atoms with E-state index in [9.17, 15) is 18.8 Å². The molecule has 0 radical (unpaired) electrons. The van der Waals surface area contributed by atoms with Gasteiger partial charge >= 0.3 is 5.24 Å². The van der Waals surface area contributed by atoms with E-state index < -0.39 is 22.9 Å². The standard InChI is InChI=1S/C19H12BrFN4O3S/c20-9-1-6-13-12(7-9)15(16-17(22)24-19(28)29-16)18(27)25(13)8-14(26)23-11-4-2-10(21)3-5-11/h1-7H,8H2,(H,23,26)(H2,22,24,28)/b16-15+. The van der Waals surface area contributed by atoms with Crippen LogP contribution in [-0.2, 0) is 9.59 Å². The number of amidine groups is 1. The Labute approximate surface area is 177 Å². The van der Waals surface area contributed by atoms with E-state index in [2.05, 4.69) is 26.2 Å². The Kier molecular flexibility index (Phi) is 4.97. The lowest BCUT2D eigenvalue weighted by atomic mass is 10.1. The van der Waals surface area contributed by atoms with Crippen molar-refractivity contribution in [3.8, 4) is 0 Å². The summed E-state index contributed by atoms with van der Waals surface area (Å²) in [5, 5.41) is 2.13. The van der Waals surface area contributed by atoms with E-state index in [4.69, 9.17) is 5.73 Å². The third-order valence-electron chi connectivity index (χ3n) is 4.27. The first-order valence-corrected chi connectivity index (χ1v) is 9.92. The van der Waals surface area contributed by atoms with Crippen LogP contribution in [0.2, 0.25) is 0 Å². The highest BCUT2D eigenvalue weighted by Crippen LogP contribution is 2.43. The molecule has 146 valence electrons. The first kappa shape index (κ1) is 19.3. The van der Waals surface area contributed by atoms with Crippen LogP contribution >= 0.6 is 27.7 Å². The van der Waals surface area contributed by atoms with Gasteiger partial charge in [-0.2, -0.15) is 4.99 Å². The number of halogens is 2. The van der Waals surface area contributed by atoms with E-state index in [-0.39, 0.29) is 22.9 Å². The van der Waals surface area contributed by atoms with Gasteiger partial charge in [0.25, 0.3) is 5.91 Å². The van der Waals surface area contributed by atoms with Crippen LogP contribution in [0.1, 0.15) is 5.56 Å². The van der Waals surface area contributed by atoms with E-state index in [1.807, 2.05) is 0 Å². The Bertz CT molecular complexity index is 1130. The van der Waals surface area contributed by atoms with E-state index >= 15 is 0 Å². The van der Waals surface area contributed by atoms with Gasteiger partial charge in [0.1, 0.15) is 18.2 Å². The molecule has 0 spiro atoms. The van der Waals surface area contributed by atoms with Crippen molar-refractivity contribution >= 4 is 67.5 Å². The number of anilines is 2. The van der Waals surface area contributed by atoms with Gasteiger partial charge in [-0.25, -0.2) is 4.39 Å². The number of fused-ring (bicyclic) bond motifs is 1. The van der Waals surface area contributed by atoms with Crippen molar-refractivity contribution in [2.75, 3.05) is 16.8 Å². The molecule has 0 bridgehead atoms. The van der Waals surface area contributed by atoms with Gasteiger partial charge in [-0.05, 0) is 54.2 Å². The van der Waals surface area contributed by atoms with Crippen LogP contribution < -0.4 is 16.0 Å². The van der Waals surface area contributed by atoms with Crippen LogP contribution in [0.3, 0.4) is 0 Å². The molecule has 0 fully saturated rings. The first-order valence-electron chi connectivity index (χ1n) is 8.31. The molecule has 2 heterocycles. The van der Waals surface area contributed by atoms with Gasteiger partial charge in [-0.1, -0.05) is 15.9 Å². The fourth-order valence-corrected chi connectivity index (χ4v) is 4.18. The molecule has 4 rings (SSSR count). The minimum atomic E-state index is -0.498. The zero-order valence-corrected chi connectivity index (χ0v) is 17.0. The lowest BCUT2D eigenvalue weighted by molar-refractivity contribution is -0.118. The number of hydrogen-bond acceptors (Lipinski definition) is 5. The Hall–Kier alpha value is -2.98. The number of hydrogen-bond donors (Lipinski definition) is 2. The highest BCUT2D eigenvalue weighted by Gasteiger charge is 2.38. The summed E-state index contributed by atoms with van der Waals surface area (Å²) in [5.74, 6) is -1.35. The smallest absolute Gasteiger partial charge is 0.311 e. The summed E-state index contributed by atoms with van der Waals surface area (Å²) in [4.78, 5) is 42.5. The Balaban J connectivity index is 1.67. The molecule has 0 aliphatic carbocycles. The summed E-state index contributed by atoms with van der Waals surface area (Å²) in [5.41, 5.74) is 7.53. The van der Waals surface area contributed by atoms with Gasteiger partial charge in [-0.15, -0.1) is 0 Å². The third kappa shape index (κ3) is 3.68. The second-order valence-corrected chi connectivity index (χ2v) is 8.05. The monoisotopic (exact) mass is 474 g/mol. The minimum Gasteiger partial charge on any atom is -0.383 e. The predicted octanol–water partition coefficient (Wildman–Crippen LogP) is 3.51. The number of amides is 3. The summed E-state index contributed by atoms with van der Waals surface area (Å²) >= 11 is 4.15. The average molecular weight is 475 g/mol. The maximum absolute atomic E-state index is 13.1. The second-order valence-electron chi connectivity index (χ2n) is 6.18. The van der Waals surface area contributed by atoms with E-state index in [0.717, 1.165) is 16.2 Å². The number of carbonyl (C=O) groups is 3. The molecular weight excluding hydrogens is 463 g/mol. The minimum absolute atomic E-state index is 0.0214. The zero-order chi connectivity index (χ0) is 20.7. The first-order chi connectivity index (χ1) is 13.8. The normalized spacial score (nSPS) is 18.1. The maximum atomic E-state index is 13.1. The van der Waals surface area contributed by atoms with Crippen LogP contribution in [0.5, 0.6) is 0 Å².